The molecule has 4 rings (SSSR count). The number of allylic oxidation sites excluding steroid dienone is 2. The Kier molecular flexibility index (Phi) is 7.95. The minimum atomic E-state index is -0.462. The summed E-state index contributed by atoms with van der Waals surface area (Å²) in [5, 5.41) is 6.35. The monoisotopic (exact) mass is 513 g/mol. The number of amides is 2. The van der Waals surface area contributed by atoms with Gasteiger partial charge >= 0.3 is 6.03 Å². The molecule has 0 saturated carbocycles. The van der Waals surface area contributed by atoms with Gasteiger partial charge in [-0.15, -0.1) is 16.4 Å². The van der Waals surface area contributed by atoms with E-state index >= 15 is 0 Å². The maximum atomic E-state index is 12.7. The summed E-state index contributed by atoms with van der Waals surface area (Å²) in [5.74, 6) is 0.942. The highest BCUT2D eigenvalue weighted by Gasteiger charge is 2.12. The van der Waals surface area contributed by atoms with Crippen molar-refractivity contribution in [2.75, 3.05) is 0 Å². The number of hydrogen-bond donors (Lipinski definition) is 2. The second kappa shape index (κ2) is 11.3. The van der Waals surface area contributed by atoms with Crippen LogP contribution >= 0.6 is 11.3 Å². The molecule has 0 radical (unpaired) electrons. The van der Waals surface area contributed by atoms with E-state index in [1.807, 2.05) is 47.3 Å². The summed E-state index contributed by atoms with van der Waals surface area (Å²) in [6.45, 7) is 15.9. The quantitative estimate of drug-likeness (QED) is 0.232. The van der Waals surface area contributed by atoms with Crippen LogP contribution in [-0.4, -0.2) is 25.4 Å². The summed E-state index contributed by atoms with van der Waals surface area (Å²) in [5.41, 5.74) is 11.7. The number of aryl methyl sites for hydroxylation is 1. The number of benzene rings is 2. The third-order valence-corrected chi connectivity index (χ3v) is 6.70. The van der Waals surface area contributed by atoms with E-state index < -0.39 is 6.03 Å². The number of carbonyl (C=O) groups excluding carboxylic acids is 1. The molecule has 2 heterocycles. The zero-order valence-corrected chi connectivity index (χ0v) is 22.3. The zero-order valence-electron chi connectivity index (χ0n) is 21.5. The normalized spacial score (nSPS) is 12.5. The van der Waals surface area contributed by atoms with E-state index in [0.717, 1.165) is 22.4 Å². The molecule has 0 fully saturated rings. The van der Waals surface area contributed by atoms with E-state index in [4.69, 9.17) is 0 Å². The number of aromatic nitrogens is 4. The fourth-order valence-electron chi connectivity index (χ4n) is 3.80. The number of nitrogens with zero attached hydrogens (tertiary/aromatic N) is 5. The molecule has 0 bridgehead atoms. The predicted molar refractivity (Wildman–Crippen MR) is 149 cm³/mol. The van der Waals surface area contributed by atoms with Crippen molar-refractivity contribution in [1.82, 2.24) is 30.2 Å². The summed E-state index contributed by atoms with van der Waals surface area (Å²) in [7, 11) is 0. The van der Waals surface area contributed by atoms with Crippen molar-refractivity contribution >= 4 is 23.1 Å². The lowest BCUT2D eigenvalue weighted by Gasteiger charge is -2.15. The van der Waals surface area contributed by atoms with Gasteiger partial charge in [0, 0.05) is 23.2 Å². The molecular formula is C28H31N7OS. The van der Waals surface area contributed by atoms with Crippen molar-refractivity contribution < 1.29 is 4.79 Å². The van der Waals surface area contributed by atoms with Crippen LogP contribution in [0.4, 0.5) is 4.79 Å². The van der Waals surface area contributed by atoms with Crippen LogP contribution in [0.3, 0.4) is 0 Å². The largest absolute Gasteiger partial charge is 0.357 e. The van der Waals surface area contributed by atoms with E-state index in [-0.39, 0.29) is 6.04 Å². The van der Waals surface area contributed by atoms with Crippen LogP contribution in [0.15, 0.2) is 84.6 Å². The van der Waals surface area contributed by atoms with Crippen molar-refractivity contribution in [3.63, 3.8) is 0 Å². The van der Waals surface area contributed by atoms with Gasteiger partial charge in [0.25, 0.3) is 0 Å². The maximum absolute atomic E-state index is 12.7. The highest BCUT2D eigenvalue weighted by molar-refractivity contribution is 7.07. The Morgan fingerprint density at radius 2 is 1.92 bits per heavy atom. The molecule has 37 heavy (non-hydrogen) atoms. The predicted octanol–water partition coefficient (Wildman–Crippen LogP) is 5.76. The third-order valence-electron chi connectivity index (χ3n) is 5.94. The number of rotatable bonds is 8. The van der Waals surface area contributed by atoms with Crippen molar-refractivity contribution in [3.05, 3.63) is 101 Å². The molecule has 2 aromatic carbocycles. The fraction of sp³-hybridized carbons (Fsp3) is 0.214. The summed E-state index contributed by atoms with van der Waals surface area (Å²) in [4.78, 5) is 21.9. The fourth-order valence-corrected chi connectivity index (χ4v) is 4.52. The van der Waals surface area contributed by atoms with Crippen molar-refractivity contribution in [3.8, 4) is 17.1 Å². The minimum Gasteiger partial charge on any atom is -0.292 e. The standard InChI is InChI=1S/C28H31N7OS/c1-7-20(5)35-17-29-26(33-35)23-11-9-22(10-12-23)21(6)31-32-27(36)30-28-34(14-15-37-28)25-16-19(4)8-13-24(25)18(2)3/h7-18,21,31H,1,5H2,2-4,6H3,(H,32,36). The van der Waals surface area contributed by atoms with Crippen LogP contribution in [0, 0.1) is 6.92 Å². The zero-order chi connectivity index (χ0) is 26.5. The van der Waals surface area contributed by atoms with Gasteiger partial charge in [0.1, 0.15) is 6.33 Å². The molecule has 190 valence electrons. The first-order chi connectivity index (χ1) is 17.8. The Balaban J connectivity index is 1.44. The minimum absolute atomic E-state index is 0.140. The molecular weight excluding hydrogens is 482 g/mol. The number of urea groups is 1. The van der Waals surface area contributed by atoms with Gasteiger partial charge in [0.15, 0.2) is 10.6 Å². The van der Waals surface area contributed by atoms with Crippen LogP contribution in [-0.2, 0) is 0 Å². The molecule has 0 aliphatic carbocycles. The second-order valence-electron chi connectivity index (χ2n) is 9.01. The third kappa shape index (κ3) is 6.02. The Hall–Kier alpha value is -4.08. The van der Waals surface area contributed by atoms with Crippen LogP contribution in [0.1, 0.15) is 49.4 Å². The first-order valence-electron chi connectivity index (χ1n) is 12.0. The summed E-state index contributed by atoms with van der Waals surface area (Å²) >= 11 is 1.42. The first-order valence-corrected chi connectivity index (χ1v) is 12.9. The smallest absolute Gasteiger partial charge is 0.292 e. The lowest BCUT2D eigenvalue weighted by molar-refractivity contribution is 0.242. The lowest BCUT2D eigenvalue weighted by atomic mass is 9.99. The van der Waals surface area contributed by atoms with Gasteiger partial charge in [0.05, 0.1) is 11.4 Å². The van der Waals surface area contributed by atoms with E-state index in [2.05, 4.69) is 78.1 Å². The molecule has 2 N–H and O–H groups in total. The van der Waals surface area contributed by atoms with Crippen molar-refractivity contribution in [2.24, 2.45) is 4.99 Å². The van der Waals surface area contributed by atoms with Crippen LogP contribution in [0.25, 0.3) is 22.8 Å². The van der Waals surface area contributed by atoms with Gasteiger partial charge in [0.2, 0.25) is 0 Å². The molecule has 1 atom stereocenters. The molecule has 8 nitrogen and oxygen atoms in total. The molecule has 0 spiro atoms. The number of nitrogens with one attached hydrogen (secondary N) is 2. The van der Waals surface area contributed by atoms with E-state index in [1.54, 1.807) is 17.1 Å². The number of hydrogen-bond acceptors (Lipinski definition) is 5. The van der Waals surface area contributed by atoms with E-state index in [0.29, 0.717) is 22.2 Å². The number of carbonyl (C=O) groups is 1. The van der Waals surface area contributed by atoms with Crippen LogP contribution in [0.2, 0.25) is 0 Å². The average molecular weight is 514 g/mol. The topological polar surface area (TPSA) is 89.1 Å². The molecule has 0 saturated heterocycles. The average Bonchev–Trinajstić information content (AvgIpc) is 3.57. The highest BCUT2D eigenvalue weighted by atomic mass is 32.1. The molecule has 0 aliphatic heterocycles. The van der Waals surface area contributed by atoms with Gasteiger partial charge in [-0.1, -0.05) is 63.4 Å². The van der Waals surface area contributed by atoms with Crippen molar-refractivity contribution in [2.45, 2.75) is 39.7 Å². The summed E-state index contributed by atoms with van der Waals surface area (Å²) in [6.07, 6.45) is 5.18. The van der Waals surface area contributed by atoms with Gasteiger partial charge in [-0.25, -0.2) is 19.9 Å². The molecule has 1 unspecified atom stereocenters. The van der Waals surface area contributed by atoms with Crippen LogP contribution < -0.4 is 15.7 Å². The van der Waals surface area contributed by atoms with E-state index in [1.165, 1.54) is 16.9 Å². The Morgan fingerprint density at radius 1 is 1.16 bits per heavy atom. The first kappa shape index (κ1) is 26.0. The Morgan fingerprint density at radius 3 is 2.62 bits per heavy atom. The molecule has 4 aromatic rings. The lowest BCUT2D eigenvalue weighted by Crippen LogP contribution is -2.38. The van der Waals surface area contributed by atoms with Gasteiger partial charge in [-0.3, -0.25) is 9.99 Å². The van der Waals surface area contributed by atoms with E-state index in [9.17, 15) is 4.79 Å². The van der Waals surface area contributed by atoms with Crippen LogP contribution in [0.5, 0.6) is 0 Å². The molecule has 2 amide bonds. The van der Waals surface area contributed by atoms with Gasteiger partial charge in [-0.05, 0) is 48.6 Å². The summed E-state index contributed by atoms with van der Waals surface area (Å²) < 4.78 is 3.55. The van der Waals surface area contributed by atoms with Gasteiger partial charge < -0.3 is 0 Å². The molecule has 0 aliphatic rings. The SMILES string of the molecule is C=CC(=C)n1cnc(-c2ccc(C(C)NNC(=O)N=c3sccn3-c3cc(C)ccc3C(C)C)cc2)n1. The molecule has 2 aromatic heterocycles. The molecule has 9 heteroatoms. The highest BCUT2D eigenvalue weighted by Crippen LogP contribution is 2.24. The Bertz CT molecular complexity index is 1490. The number of thiazole rings is 1. The second-order valence-corrected chi connectivity index (χ2v) is 9.88. The maximum Gasteiger partial charge on any atom is 0.357 e. The summed E-state index contributed by atoms with van der Waals surface area (Å²) in [6, 6.07) is 13.6. The Labute approximate surface area is 220 Å². The van der Waals surface area contributed by atoms with Crippen molar-refractivity contribution in [1.29, 1.82) is 0 Å². The number of hydrazine groups is 1. The van der Waals surface area contributed by atoms with Gasteiger partial charge in [-0.2, -0.15) is 4.99 Å².